The first-order valence-electron chi connectivity index (χ1n) is 6.81. The first kappa shape index (κ1) is 15.5. The highest BCUT2D eigenvalue weighted by atomic mass is 32.2. The second-order valence-electron chi connectivity index (χ2n) is 4.97. The average molecular weight is 308 g/mol. The number of hydrogen-bond donors (Lipinski definition) is 2. The van der Waals surface area contributed by atoms with Crippen molar-refractivity contribution in [1.82, 2.24) is 9.78 Å². The van der Waals surface area contributed by atoms with Crippen molar-refractivity contribution in [2.75, 3.05) is 5.32 Å². The molecular weight excluding hydrogens is 288 g/mol. The number of benzene rings is 1. The molecule has 1 heterocycles. The summed E-state index contributed by atoms with van der Waals surface area (Å²) >= 11 is 0. The highest BCUT2D eigenvalue weighted by molar-refractivity contribution is 7.88. The summed E-state index contributed by atoms with van der Waals surface area (Å²) < 4.78 is 23.9. The lowest BCUT2D eigenvalue weighted by atomic mass is 10.2. The molecule has 1 aromatic carbocycles. The summed E-state index contributed by atoms with van der Waals surface area (Å²) in [7, 11) is -3.48. The second-order valence-corrected chi connectivity index (χ2v) is 6.58. The van der Waals surface area contributed by atoms with Crippen LogP contribution in [0.3, 0.4) is 0 Å². The zero-order valence-corrected chi connectivity index (χ0v) is 12.8. The Balaban J connectivity index is 1.91. The lowest BCUT2D eigenvalue weighted by Gasteiger charge is -2.06. The van der Waals surface area contributed by atoms with Crippen LogP contribution in [0.2, 0.25) is 0 Å². The van der Waals surface area contributed by atoms with Crippen molar-refractivity contribution in [3.63, 3.8) is 0 Å². The van der Waals surface area contributed by atoms with Gasteiger partial charge in [0.05, 0.1) is 11.9 Å². The van der Waals surface area contributed by atoms with Crippen LogP contribution in [0.4, 0.5) is 5.69 Å². The SMILES string of the molecule is CCCn1cc(CNc2ccc(CS(N)(=O)=O)cc2)cn1. The average Bonchev–Trinajstić information content (AvgIpc) is 2.84. The monoisotopic (exact) mass is 308 g/mol. The maximum Gasteiger partial charge on any atom is 0.213 e. The quantitative estimate of drug-likeness (QED) is 0.814. The number of nitrogens with zero attached hydrogens (tertiary/aromatic N) is 2. The van der Waals surface area contributed by atoms with Crippen molar-refractivity contribution in [3.8, 4) is 0 Å². The largest absolute Gasteiger partial charge is 0.381 e. The van der Waals surface area contributed by atoms with Crippen LogP contribution in [0.15, 0.2) is 36.7 Å². The zero-order valence-electron chi connectivity index (χ0n) is 12.0. The van der Waals surface area contributed by atoms with E-state index in [0.29, 0.717) is 12.1 Å². The van der Waals surface area contributed by atoms with Gasteiger partial charge in [-0.25, -0.2) is 13.6 Å². The molecule has 0 fully saturated rings. The van der Waals surface area contributed by atoms with Crippen molar-refractivity contribution < 1.29 is 8.42 Å². The fraction of sp³-hybridized carbons (Fsp3) is 0.357. The summed E-state index contributed by atoms with van der Waals surface area (Å²) in [6.07, 6.45) is 4.92. The Morgan fingerprint density at radius 3 is 2.57 bits per heavy atom. The van der Waals surface area contributed by atoms with E-state index in [1.165, 1.54) is 0 Å². The van der Waals surface area contributed by atoms with Gasteiger partial charge in [0.1, 0.15) is 0 Å². The van der Waals surface area contributed by atoms with E-state index in [1.807, 2.05) is 29.2 Å². The molecule has 0 atom stereocenters. The molecule has 0 aliphatic rings. The highest BCUT2D eigenvalue weighted by Crippen LogP contribution is 2.12. The molecule has 114 valence electrons. The number of primary sulfonamides is 1. The van der Waals surface area contributed by atoms with Crippen LogP contribution < -0.4 is 10.5 Å². The summed E-state index contributed by atoms with van der Waals surface area (Å²) in [6.45, 7) is 3.71. The molecular formula is C14H20N4O2S. The molecule has 2 aromatic rings. The highest BCUT2D eigenvalue weighted by Gasteiger charge is 2.04. The summed E-state index contributed by atoms with van der Waals surface area (Å²) in [6, 6.07) is 7.20. The van der Waals surface area contributed by atoms with Gasteiger partial charge < -0.3 is 5.32 Å². The summed E-state index contributed by atoms with van der Waals surface area (Å²) in [5.41, 5.74) is 2.72. The Morgan fingerprint density at radius 1 is 1.24 bits per heavy atom. The van der Waals surface area contributed by atoms with Crippen molar-refractivity contribution in [1.29, 1.82) is 0 Å². The lowest BCUT2D eigenvalue weighted by Crippen LogP contribution is -2.14. The van der Waals surface area contributed by atoms with Gasteiger partial charge in [-0.3, -0.25) is 4.68 Å². The van der Waals surface area contributed by atoms with Crippen molar-refractivity contribution in [3.05, 3.63) is 47.8 Å². The van der Waals surface area contributed by atoms with Crippen LogP contribution in [0, 0.1) is 0 Å². The molecule has 1 aromatic heterocycles. The Labute approximate surface area is 125 Å². The van der Waals surface area contributed by atoms with Gasteiger partial charge in [-0.1, -0.05) is 19.1 Å². The predicted molar refractivity (Wildman–Crippen MR) is 83.1 cm³/mol. The molecule has 3 N–H and O–H groups in total. The van der Waals surface area contributed by atoms with E-state index in [-0.39, 0.29) is 5.75 Å². The molecule has 6 nitrogen and oxygen atoms in total. The van der Waals surface area contributed by atoms with E-state index in [1.54, 1.807) is 12.1 Å². The Hall–Kier alpha value is -1.86. The fourth-order valence-electron chi connectivity index (χ4n) is 2.00. The van der Waals surface area contributed by atoms with Crippen LogP contribution in [0.5, 0.6) is 0 Å². The molecule has 0 amide bonds. The summed E-state index contributed by atoms with van der Waals surface area (Å²) in [4.78, 5) is 0. The van der Waals surface area contributed by atoms with Crippen LogP contribution in [0.1, 0.15) is 24.5 Å². The molecule has 0 aliphatic carbocycles. The minimum absolute atomic E-state index is 0.142. The van der Waals surface area contributed by atoms with Gasteiger partial charge >= 0.3 is 0 Å². The number of nitrogens with one attached hydrogen (secondary N) is 1. The molecule has 0 unspecified atom stereocenters. The third-order valence-corrected chi connectivity index (χ3v) is 3.69. The molecule has 0 saturated carbocycles. The third kappa shape index (κ3) is 5.20. The van der Waals surface area contributed by atoms with E-state index >= 15 is 0 Å². The normalized spacial score (nSPS) is 11.5. The molecule has 0 spiro atoms. The van der Waals surface area contributed by atoms with Crippen molar-refractivity contribution in [2.45, 2.75) is 32.2 Å². The van der Waals surface area contributed by atoms with Gasteiger partial charge in [0.2, 0.25) is 10.0 Å². The lowest BCUT2D eigenvalue weighted by molar-refractivity contribution is 0.597. The first-order valence-corrected chi connectivity index (χ1v) is 8.52. The standard InChI is InChI=1S/C14H20N4O2S/c1-2-7-18-10-13(9-17-18)8-16-14-5-3-12(4-6-14)11-21(15,19)20/h3-6,9-10,16H,2,7-8,11H2,1H3,(H2,15,19,20). The number of aryl methyl sites for hydroxylation is 1. The van der Waals surface area contributed by atoms with Gasteiger partial charge in [-0.15, -0.1) is 0 Å². The Bertz CT molecular complexity index is 677. The summed E-state index contributed by atoms with van der Waals surface area (Å²) in [5.74, 6) is -0.142. The first-order chi connectivity index (χ1) is 9.96. The summed E-state index contributed by atoms with van der Waals surface area (Å²) in [5, 5.41) is 12.6. The smallest absolute Gasteiger partial charge is 0.213 e. The van der Waals surface area contributed by atoms with Gasteiger partial charge in [-0.2, -0.15) is 5.10 Å². The Kier molecular flexibility index (Phi) is 4.98. The number of aromatic nitrogens is 2. The number of anilines is 1. The van der Waals surface area contributed by atoms with Crippen LogP contribution >= 0.6 is 0 Å². The van der Waals surface area contributed by atoms with Crippen molar-refractivity contribution >= 4 is 15.7 Å². The zero-order chi connectivity index (χ0) is 15.3. The van der Waals surface area contributed by atoms with Crippen LogP contribution in [-0.4, -0.2) is 18.2 Å². The van der Waals surface area contributed by atoms with E-state index in [4.69, 9.17) is 5.14 Å². The fourth-order valence-corrected chi connectivity index (χ4v) is 2.66. The van der Waals surface area contributed by atoms with E-state index in [0.717, 1.165) is 24.2 Å². The Morgan fingerprint density at radius 2 is 1.95 bits per heavy atom. The molecule has 0 bridgehead atoms. The van der Waals surface area contributed by atoms with Crippen LogP contribution in [0.25, 0.3) is 0 Å². The van der Waals surface area contributed by atoms with E-state index in [2.05, 4.69) is 17.3 Å². The van der Waals surface area contributed by atoms with Gasteiger partial charge in [0.25, 0.3) is 0 Å². The van der Waals surface area contributed by atoms with Gasteiger partial charge in [0.15, 0.2) is 0 Å². The minimum atomic E-state index is -3.48. The molecule has 2 rings (SSSR count). The molecule has 0 radical (unpaired) electrons. The molecule has 7 heteroatoms. The second kappa shape index (κ2) is 6.73. The van der Waals surface area contributed by atoms with Crippen LogP contribution in [-0.2, 0) is 28.9 Å². The minimum Gasteiger partial charge on any atom is -0.381 e. The number of nitrogens with two attached hydrogens (primary N) is 1. The number of hydrogen-bond acceptors (Lipinski definition) is 4. The molecule has 0 saturated heterocycles. The molecule has 0 aliphatic heterocycles. The molecule has 21 heavy (non-hydrogen) atoms. The number of sulfonamides is 1. The number of rotatable bonds is 7. The predicted octanol–water partition coefficient (Wildman–Crippen LogP) is 1.69. The maximum absolute atomic E-state index is 11.0. The van der Waals surface area contributed by atoms with E-state index < -0.39 is 10.0 Å². The van der Waals surface area contributed by atoms with Gasteiger partial charge in [0, 0.05) is 30.5 Å². The van der Waals surface area contributed by atoms with E-state index in [9.17, 15) is 8.42 Å². The third-order valence-electron chi connectivity index (χ3n) is 2.96. The van der Waals surface area contributed by atoms with Gasteiger partial charge in [-0.05, 0) is 24.1 Å². The topological polar surface area (TPSA) is 90.0 Å². The maximum atomic E-state index is 11.0. The van der Waals surface area contributed by atoms with Crippen molar-refractivity contribution in [2.24, 2.45) is 5.14 Å².